The van der Waals surface area contributed by atoms with Gasteiger partial charge in [0.15, 0.2) is 5.16 Å². The molecule has 0 fully saturated rings. The Morgan fingerprint density at radius 2 is 1.63 bits per heavy atom. The van der Waals surface area contributed by atoms with Crippen LogP contribution in [0.25, 0.3) is 10.9 Å². The Balaban J connectivity index is 1.58. The van der Waals surface area contributed by atoms with Crippen molar-refractivity contribution in [2.75, 3.05) is 11.1 Å². The van der Waals surface area contributed by atoms with Gasteiger partial charge < -0.3 is 10.6 Å². The van der Waals surface area contributed by atoms with Crippen LogP contribution < -0.4 is 16.2 Å². The highest BCUT2D eigenvalue weighted by Gasteiger charge is 2.14. The van der Waals surface area contributed by atoms with Gasteiger partial charge in [0.25, 0.3) is 11.5 Å². The van der Waals surface area contributed by atoms with Crippen molar-refractivity contribution in [3.8, 4) is 0 Å². The molecule has 0 aliphatic heterocycles. The number of anilines is 1. The highest BCUT2D eigenvalue weighted by molar-refractivity contribution is 7.99. The Kier molecular flexibility index (Phi) is 7.62. The molecule has 8 heteroatoms. The predicted octanol–water partition coefficient (Wildman–Crippen LogP) is 4.31. The molecule has 1 aromatic heterocycles. The first-order valence-electron chi connectivity index (χ1n) is 11.3. The lowest BCUT2D eigenvalue weighted by Crippen LogP contribution is -2.30. The van der Waals surface area contributed by atoms with Crippen molar-refractivity contribution in [2.24, 2.45) is 0 Å². The smallest absolute Gasteiger partial charge is 0.262 e. The molecule has 4 rings (SSSR count). The first kappa shape index (κ1) is 24.2. The minimum absolute atomic E-state index is 0.0445. The summed E-state index contributed by atoms with van der Waals surface area (Å²) in [4.78, 5) is 42.7. The van der Waals surface area contributed by atoms with Gasteiger partial charge in [-0.2, -0.15) is 0 Å². The van der Waals surface area contributed by atoms with E-state index < -0.39 is 0 Å². The van der Waals surface area contributed by atoms with Crippen LogP contribution in [0.2, 0.25) is 0 Å². The van der Waals surface area contributed by atoms with Gasteiger partial charge in [-0.25, -0.2) is 4.98 Å². The summed E-state index contributed by atoms with van der Waals surface area (Å²) in [5.74, 6) is -0.221. The maximum Gasteiger partial charge on any atom is 0.262 e. The van der Waals surface area contributed by atoms with E-state index in [0.717, 1.165) is 5.56 Å². The average molecular weight is 487 g/mol. The molecule has 0 radical (unpaired) electrons. The number of aromatic nitrogens is 2. The number of para-hydroxylation sites is 2. The van der Waals surface area contributed by atoms with Gasteiger partial charge in [-0.1, -0.05) is 54.2 Å². The highest BCUT2D eigenvalue weighted by atomic mass is 32.2. The number of nitrogens with one attached hydrogen (secondary N) is 2. The molecular formula is C27H26N4O3S. The predicted molar refractivity (Wildman–Crippen MR) is 140 cm³/mol. The molecule has 3 aromatic carbocycles. The summed E-state index contributed by atoms with van der Waals surface area (Å²) in [6.07, 6.45) is 0. The summed E-state index contributed by atoms with van der Waals surface area (Å²) in [5.41, 5.74) is 2.52. The lowest BCUT2D eigenvalue weighted by molar-refractivity contribution is -0.113. The van der Waals surface area contributed by atoms with Gasteiger partial charge in [0.2, 0.25) is 5.91 Å². The third-order valence-corrected chi connectivity index (χ3v) is 6.17. The van der Waals surface area contributed by atoms with Crippen LogP contribution in [-0.2, 0) is 11.3 Å². The van der Waals surface area contributed by atoms with Gasteiger partial charge >= 0.3 is 0 Å². The van der Waals surface area contributed by atoms with Crippen LogP contribution in [0.4, 0.5) is 5.69 Å². The number of nitrogens with zero attached hydrogens (tertiary/aromatic N) is 2. The molecule has 0 bridgehead atoms. The second kappa shape index (κ2) is 11.0. The maximum absolute atomic E-state index is 13.3. The lowest BCUT2D eigenvalue weighted by atomic mass is 10.1. The van der Waals surface area contributed by atoms with Crippen LogP contribution >= 0.6 is 11.8 Å². The van der Waals surface area contributed by atoms with Crippen molar-refractivity contribution in [3.05, 3.63) is 100 Å². The van der Waals surface area contributed by atoms with Crippen molar-refractivity contribution in [1.82, 2.24) is 14.9 Å². The molecule has 0 atom stereocenters. The van der Waals surface area contributed by atoms with E-state index in [-0.39, 0.29) is 35.7 Å². The number of benzene rings is 3. The van der Waals surface area contributed by atoms with Gasteiger partial charge in [-0.15, -0.1) is 0 Å². The standard InChI is InChI=1S/C27H26N4O3S/c1-18(2)28-25(33)20-14-12-19(13-15-20)16-31-26(34)22-10-6-7-11-23(22)30-27(31)35-17-24(32)29-21-8-4-3-5-9-21/h3-15,18H,16-17H2,1-2H3,(H,28,33)(H,29,32). The summed E-state index contributed by atoms with van der Waals surface area (Å²) < 4.78 is 1.58. The normalized spacial score (nSPS) is 10.9. The SMILES string of the molecule is CC(C)NC(=O)c1ccc(Cn2c(SCC(=O)Nc3ccccc3)nc3ccccc3c2=O)cc1. The van der Waals surface area contributed by atoms with Gasteiger partial charge in [0.05, 0.1) is 23.2 Å². The second-order valence-electron chi connectivity index (χ2n) is 8.33. The Hall–Kier alpha value is -3.91. The molecule has 2 N–H and O–H groups in total. The number of carbonyl (C=O) groups is 2. The zero-order chi connectivity index (χ0) is 24.8. The number of carbonyl (C=O) groups excluding carboxylic acids is 2. The van der Waals surface area contributed by atoms with Crippen molar-refractivity contribution >= 4 is 40.2 Å². The monoisotopic (exact) mass is 486 g/mol. The molecule has 4 aromatic rings. The van der Waals surface area contributed by atoms with Crippen LogP contribution in [0.15, 0.2) is 88.8 Å². The van der Waals surface area contributed by atoms with Crippen molar-refractivity contribution in [2.45, 2.75) is 31.6 Å². The first-order chi connectivity index (χ1) is 16.9. The molecule has 2 amide bonds. The van der Waals surface area contributed by atoms with Gasteiger partial charge in [0.1, 0.15) is 0 Å². The molecule has 0 saturated heterocycles. The second-order valence-corrected chi connectivity index (χ2v) is 9.27. The summed E-state index contributed by atoms with van der Waals surface area (Å²) in [6, 6.07) is 23.6. The molecule has 0 aliphatic carbocycles. The summed E-state index contributed by atoms with van der Waals surface area (Å²) in [5, 5.41) is 6.69. The van der Waals surface area contributed by atoms with Crippen molar-refractivity contribution < 1.29 is 9.59 Å². The van der Waals surface area contributed by atoms with Crippen molar-refractivity contribution in [3.63, 3.8) is 0 Å². The van der Waals surface area contributed by atoms with Gasteiger partial charge in [-0.3, -0.25) is 19.0 Å². The molecule has 0 unspecified atom stereocenters. The zero-order valence-electron chi connectivity index (χ0n) is 19.5. The molecule has 0 saturated carbocycles. The van der Waals surface area contributed by atoms with E-state index in [4.69, 9.17) is 0 Å². The number of thioether (sulfide) groups is 1. The number of hydrogen-bond donors (Lipinski definition) is 2. The molecule has 35 heavy (non-hydrogen) atoms. The Bertz CT molecular complexity index is 1400. The number of fused-ring (bicyclic) bond motifs is 1. The third-order valence-electron chi connectivity index (χ3n) is 5.19. The van der Waals surface area contributed by atoms with E-state index in [1.54, 1.807) is 34.9 Å². The van der Waals surface area contributed by atoms with Crippen molar-refractivity contribution in [1.29, 1.82) is 0 Å². The third kappa shape index (κ3) is 6.16. The van der Waals surface area contributed by atoms with E-state index in [2.05, 4.69) is 15.6 Å². The molecule has 178 valence electrons. The fourth-order valence-corrected chi connectivity index (χ4v) is 4.33. The maximum atomic E-state index is 13.3. The first-order valence-corrected chi connectivity index (χ1v) is 12.3. The summed E-state index contributed by atoms with van der Waals surface area (Å²) in [6.45, 7) is 4.08. The van der Waals surface area contributed by atoms with Crippen LogP contribution in [0.5, 0.6) is 0 Å². The van der Waals surface area contributed by atoms with E-state index in [1.165, 1.54) is 11.8 Å². The van der Waals surface area contributed by atoms with E-state index >= 15 is 0 Å². The Labute approximate surface area is 207 Å². The summed E-state index contributed by atoms with van der Waals surface area (Å²) in [7, 11) is 0. The molecule has 0 aliphatic rings. The number of rotatable bonds is 8. The Morgan fingerprint density at radius 3 is 2.34 bits per heavy atom. The van der Waals surface area contributed by atoms with Gasteiger partial charge in [-0.05, 0) is 55.8 Å². The van der Waals surface area contributed by atoms with Crippen LogP contribution in [0.1, 0.15) is 29.8 Å². The van der Waals surface area contributed by atoms with Crippen LogP contribution in [0, 0.1) is 0 Å². The topological polar surface area (TPSA) is 93.1 Å². The molecule has 7 nitrogen and oxygen atoms in total. The van der Waals surface area contributed by atoms with Crippen LogP contribution in [-0.4, -0.2) is 33.2 Å². The number of amides is 2. The molecular weight excluding hydrogens is 460 g/mol. The summed E-state index contributed by atoms with van der Waals surface area (Å²) >= 11 is 1.21. The minimum Gasteiger partial charge on any atom is -0.350 e. The van der Waals surface area contributed by atoms with Gasteiger partial charge in [0, 0.05) is 17.3 Å². The van der Waals surface area contributed by atoms with E-state index in [1.807, 2.05) is 62.4 Å². The fourth-order valence-electron chi connectivity index (χ4n) is 3.54. The van der Waals surface area contributed by atoms with Crippen LogP contribution in [0.3, 0.4) is 0 Å². The number of hydrogen-bond acceptors (Lipinski definition) is 5. The highest BCUT2D eigenvalue weighted by Crippen LogP contribution is 2.20. The van der Waals surface area contributed by atoms with E-state index in [0.29, 0.717) is 27.3 Å². The van der Waals surface area contributed by atoms with E-state index in [9.17, 15) is 14.4 Å². The lowest BCUT2D eigenvalue weighted by Gasteiger charge is -2.14. The zero-order valence-corrected chi connectivity index (χ0v) is 20.3. The quantitative estimate of drug-likeness (QED) is 0.286. The minimum atomic E-state index is -0.185. The molecule has 1 heterocycles. The fraction of sp³-hybridized carbons (Fsp3) is 0.185. The Morgan fingerprint density at radius 1 is 0.943 bits per heavy atom. The molecule has 0 spiro atoms. The average Bonchev–Trinajstić information content (AvgIpc) is 2.85. The largest absolute Gasteiger partial charge is 0.350 e.